The second kappa shape index (κ2) is 8.66. The Morgan fingerprint density at radius 2 is 1.50 bits per heavy atom. The highest BCUT2D eigenvalue weighted by Crippen LogP contribution is 2.35. The third-order valence-electron chi connectivity index (χ3n) is 6.06. The van der Waals surface area contributed by atoms with Gasteiger partial charge in [0.2, 0.25) is 17.7 Å². The van der Waals surface area contributed by atoms with Gasteiger partial charge in [-0.3, -0.25) is 19.3 Å². The van der Waals surface area contributed by atoms with Crippen LogP contribution >= 0.6 is 0 Å². The average molecular weight is 402 g/mol. The maximum Gasteiger partial charge on any atom is 0.233 e. The molecule has 0 aromatic heterocycles. The first-order chi connectivity index (χ1) is 14.5. The first-order valence-electron chi connectivity index (χ1n) is 10.5. The van der Waals surface area contributed by atoms with Gasteiger partial charge in [0.15, 0.2) is 0 Å². The molecule has 1 saturated heterocycles. The Kier molecular flexibility index (Phi) is 5.79. The molecule has 5 heteroatoms. The van der Waals surface area contributed by atoms with Crippen LogP contribution in [0, 0.1) is 11.8 Å². The fraction of sp³-hybridized carbons (Fsp3) is 0.320. The van der Waals surface area contributed by atoms with E-state index in [1.807, 2.05) is 61.5 Å². The molecule has 1 heterocycles. The summed E-state index contributed by atoms with van der Waals surface area (Å²) in [5.74, 6) is -0.915. The summed E-state index contributed by atoms with van der Waals surface area (Å²) in [7, 11) is 0. The molecule has 0 saturated carbocycles. The maximum absolute atomic E-state index is 12.5. The summed E-state index contributed by atoms with van der Waals surface area (Å²) < 4.78 is 0. The molecule has 2 aromatic carbocycles. The highest BCUT2D eigenvalue weighted by molar-refractivity contribution is 6.05. The van der Waals surface area contributed by atoms with Crippen molar-refractivity contribution in [2.24, 2.45) is 11.8 Å². The fourth-order valence-electron chi connectivity index (χ4n) is 4.29. The Morgan fingerprint density at radius 3 is 2.10 bits per heavy atom. The van der Waals surface area contributed by atoms with E-state index < -0.39 is 0 Å². The molecule has 5 nitrogen and oxygen atoms in total. The second-order valence-electron chi connectivity index (χ2n) is 8.01. The molecule has 2 aromatic rings. The molecule has 0 radical (unpaired) electrons. The number of carbonyl (C=O) groups is 3. The smallest absolute Gasteiger partial charge is 0.233 e. The molecular weight excluding hydrogens is 376 g/mol. The number of fused-ring (bicyclic) bond motifs is 1. The normalized spacial score (nSPS) is 21.4. The van der Waals surface area contributed by atoms with E-state index in [0.717, 1.165) is 16.7 Å². The highest BCUT2D eigenvalue weighted by Gasteiger charge is 2.46. The van der Waals surface area contributed by atoms with Crippen molar-refractivity contribution in [1.82, 2.24) is 10.2 Å². The van der Waals surface area contributed by atoms with Crippen molar-refractivity contribution in [1.29, 1.82) is 0 Å². The number of likely N-dealkylation sites (tertiary alicyclic amines) is 1. The lowest BCUT2D eigenvalue weighted by Crippen LogP contribution is -2.36. The number of imide groups is 1. The van der Waals surface area contributed by atoms with Crippen LogP contribution in [0.25, 0.3) is 11.1 Å². The Labute approximate surface area is 176 Å². The van der Waals surface area contributed by atoms with Crippen molar-refractivity contribution in [3.8, 4) is 11.1 Å². The zero-order valence-electron chi connectivity index (χ0n) is 17.1. The second-order valence-corrected chi connectivity index (χ2v) is 8.01. The van der Waals surface area contributed by atoms with Crippen molar-refractivity contribution in [2.75, 3.05) is 6.54 Å². The summed E-state index contributed by atoms with van der Waals surface area (Å²) in [5.41, 5.74) is 3.28. The Morgan fingerprint density at radius 1 is 0.933 bits per heavy atom. The molecule has 1 aliphatic heterocycles. The Bertz CT molecular complexity index is 940. The van der Waals surface area contributed by atoms with Crippen molar-refractivity contribution in [3.05, 3.63) is 72.3 Å². The molecule has 154 valence electrons. The molecule has 3 atom stereocenters. The first kappa shape index (κ1) is 20.1. The number of benzene rings is 2. The monoisotopic (exact) mass is 402 g/mol. The van der Waals surface area contributed by atoms with Crippen LogP contribution < -0.4 is 5.32 Å². The summed E-state index contributed by atoms with van der Waals surface area (Å²) in [5, 5.41) is 2.97. The molecule has 4 rings (SSSR count). The number of rotatable bonds is 6. The zero-order chi connectivity index (χ0) is 21.1. The Hall–Kier alpha value is -3.21. The van der Waals surface area contributed by atoms with Crippen molar-refractivity contribution in [3.63, 3.8) is 0 Å². The van der Waals surface area contributed by atoms with Crippen LogP contribution in [0.1, 0.15) is 37.8 Å². The van der Waals surface area contributed by atoms with E-state index in [1.165, 1.54) is 4.90 Å². The van der Waals surface area contributed by atoms with Crippen LogP contribution in [-0.2, 0) is 14.4 Å². The number of hydrogen-bond acceptors (Lipinski definition) is 3. The maximum atomic E-state index is 12.5. The van der Waals surface area contributed by atoms with Crippen molar-refractivity contribution >= 4 is 17.7 Å². The van der Waals surface area contributed by atoms with E-state index in [4.69, 9.17) is 0 Å². The number of allylic oxidation sites excluding steroid dienone is 2. The average Bonchev–Trinajstić information content (AvgIpc) is 3.03. The summed E-state index contributed by atoms with van der Waals surface area (Å²) in [6, 6.07) is 18.1. The lowest BCUT2D eigenvalue weighted by atomic mass is 9.85. The van der Waals surface area contributed by atoms with Crippen molar-refractivity contribution in [2.45, 2.75) is 32.2 Å². The van der Waals surface area contributed by atoms with Crippen LogP contribution in [0.3, 0.4) is 0 Å². The molecule has 0 bridgehead atoms. The largest absolute Gasteiger partial charge is 0.350 e. The summed E-state index contributed by atoms with van der Waals surface area (Å²) in [6.45, 7) is 2.08. The summed E-state index contributed by atoms with van der Waals surface area (Å²) in [4.78, 5) is 38.7. The van der Waals surface area contributed by atoms with E-state index in [0.29, 0.717) is 12.8 Å². The van der Waals surface area contributed by atoms with E-state index in [2.05, 4.69) is 17.4 Å². The van der Waals surface area contributed by atoms with Crippen molar-refractivity contribution < 1.29 is 14.4 Å². The third-order valence-corrected chi connectivity index (χ3v) is 6.06. The van der Waals surface area contributed by atoms with Gasteiger partial charge in [-0.25, -0.2) is 0 Å². The van der Waals surface area contributed by atoms with Gasteiger partial charge in [0.1, 0.15) is 0 Å². The van der Waals surface area contributed by atoms with E-state index in [9.17, 15) is 14.4 Å². The van der Waals surface area contributed by atoms with Crippen LogP contribution in [-0.4, -0.2) is 29.2 Å². The van der Waals surface area contributed by atoms with Crippen LogP contribution in [0.5, 0.6) is 0 Å². The van der Waals surface area contributed by atoms with Gasteiger partial charge >= 0.3 is 0 Å². The Balaban J connectivity index is 1.31. The van der Waals surface area contributed by atoms with Gasteiger partial charge in [-0.2, -0.15) is 0 Å². The molecule has 1 aliphatic carbocycles. The number of nitrogens with one attached hydrogen (secondary N) is 1. The first-order valence-corrected chi connectivity index (χ1v) is 10.5. The minimum Gasteiger partial charge on any atom is -0.350 e. The predicted octanol–water partition coefficient (Wildman–Crippen LogP) is 3.87. The summed E-state index contributed by atoms with van der Waals surface area (Å²) >= 11 is 0. The number of hydrogen-bond donors (Lipinski definition) is 1. The van der Waals surface area contributed by atoms with E-state index >= 15 is 0 Å². The highest BCUT2D eigenvalue weighted by atomic mass is 16.2. The minimum absolute atomic E-state index is 0.122. The molecule has 30 heavy (non-hydrogen) atoms. The van der Waals surface area contributed by atoms with E-state index in [1.54, 1.807) is 0 Å². The third kappa shape index (κ3) is 4.06. The molecule has 0 unspecified atom stereocenters. The SMILES string of the molecule is C[C@H](NC(=O)CCN1C(=O)[C@H]2CC=CC[C@@H]2C1=O)c1ccc(-c2ccccc2)cc1. The fourth-order valence-corrected chi connectivity index (χ4v) is 4.29. The standard InChI is InChI=1S/C25H26N2O3/c1-17(18-11-13-20(14-12-18)19-7-3-2-4-8-19)26-23(28)15-16-27-24(29)21-9-5-6-10-22(21)25(27)30/h2-8,11-14,17,21-22H,9-10,15-16H2,1H3,(H,26,28)/t17-,21-,22-/m0/s1. The zero-order valence-corrected chi connectivity index (χ0v) is 17.1. The lowest BCUT2D eigenvalue weighted by Gasteiger charge is -2.17. The molecular formula is C25H26N2O3. The van der Waals surface area contributed by atoms with Gasteiger partial charge in [-0.15, -0.1) is 0 Å². The van der Waals surface area contributed by atoms with E-state index in [-0.39, 0.29) is 48.6 Å². The number of nitrogens with zero attached hydrogens (tertiary/aromatic N) is 1. The number of amides is 3. The van der Waals surface area contributed by atoms with Crippen LogP contribution in [0.2, 0.25) is 0 Å². The molecule has 2 aliphatic rings. The minimum atomic E-state index is -0.243. The molecule has 1 N–H and O–H groups in total. The molecule has 3 amide bonds. The quantitative estimate of drug-likeness (QED) is 0.589. The van der Waals surface area contributed by atoms with Gasteiger partial charge in [0.25, 0.3) is 0 Å². The van der Waals surface area contributed by atoms with Gasteiger partial charge in [-0.05, 0) is 36.5 Å². The van der Waals surface area contributed by atoms with Gasteiger partial charge < -0.3 is 5.32 Å². The van der Waals surface area contributed by atoms with Gasteiger partial charge in [0.05, 0.1) is 17.9 Å². The number of carbonyl (C=O) groups excluding carboxylic acids is 3. The molecule has 0 spiro atoms. The predicted molar refractivity (Wildman–Crippen MR) is 115 cm³/mol. The van der Waals surface area contributed by atoms with Gasteiger partial charge in [0, 0.05) is 13.0 Å². The van der Waals surface area contributed by atoms with Crippen LogP contribution in [0.4, 0.5) is 0 Å². The van der Waals surface area contributed by atoms with Crippen LogP contribution in [0.15, 0.2) is 66.7 Å². The van der Waals surface area contributed by atoms with Gasteiger partial charge in [-0.1, -0.05) is 66.7 Å². The topological polar surface area (TPSA) is 66.5 Å². The lowest BCUT2D eigenvalue weighted by molar-refractivity contribution is -0.140. The summed E-state index contributed by atoms with van der Waals surface area (Å²) in [6.07, 6.45) is 5.29. The molecule has 1 fully saturated rings.